The molecule has 1 amide bonds. The lowest BCUT2D eigenvalue weighted by molar-refractivity contribution is -0.115. The van der Waals surface area contributed by atoms with Gasteiger partial charge in [0.2, 0.25) is 5.91 Å². The molecule has 0 bridgehead atoms. The van der Waals surface area contributed by atoms with Crippen LogP contribution in [0.2, 0.25) is 0 Å². The summed E-state index contributed by atoms with van der Waals surface area (Å²) >= 11 is 0. The minimum atomic E-state index is -0.0974. The SMILES string of the molecule is COc1ccc2c(c1)CCc1nc(NC(=O)Cc3ccc4ccccc4c3)c(Cc3ccccc3)nc1-2. The van der Waals surface area contributed by atoms with Crippen molar-refractivity contribution >= 4 is 22.5 Å². The van der Waals surface area contributed by atoms with Crippen LogP contribution >= 0.6 is 0 Å². The number of hydrogen-bond acceptors (Lipinski definition) is 4. The van der Waals surface area contributed by atoms with Gasteiger partial charge in [-0.2, -0.15) is 0 Å². The number of hydrogen-bond donors (Lipinski definition) is 1. The summed E-state index contributed by atoms with van der Waals surface area (Å²) in [4.78, 5) is 23.2. The van der Waals surface area contributed by atoms with Crippen molar-refractivity contribution < 1.29 is 9.53 Å². The van der Waals surface area contributed by atoms with Crippen molar-refractivity contribution in [2.24, 2.45) is 0 Å². The van der Waals surface area contributed by atoms with Gasteiger partial charge in [-0.05, 0) is 58.5 Å². The first-order valence-electron chi connectivity index (χ1n) is 12.5. The van der Waals surface area contributed by atoms with Crippen LogP contribution in [-0.2, 0) is 30.5 Å². The highest BCUT2D eigenvalue weighted by Gasteiger charge is 2.23. The largest absolute Gasteiger partial charge is 0.497 e. The predicted molar refractivity (Wildman–Crippen MR) is 147 cm³/mol. The molecule has 6 rings (SSSR count). The Morgan fingerprint density at radius 2 is 1.65 bits per heavy atom. The number of aromatic nitrogens is 2. The standard InChI is InChI=1S/C32H27N3O2/c1-37-26-14-15-27-25(20-26)13-16-28-31(27)33-29(18-21-7-3-2-4-8-21)32(34-28)35-30(36)19-22-11-12-23-9-5-6-10-24(23)17-22/h2-12,14-15,17,20H,13,16,18-19H2,1H3,(H,34,35,36). The normalized spacial score (nSPS) is 12.0. The number of methoxy groups -OCH3 is 1. The maximum absolute atomic E-state index is 13.2. The first-order chi connectivity index (χ1) is 18.2. The number of carbonyl (C=O) groups excluding carboxylic acids is 1. The van der Waals surface area contributed by atoms with Crippen LogP contribution in [0.4, 0.5) is 5.82 Å². The van der Waals surface area contributed by atoms with Gasteiger partial charge in [0.15, 0.2) is 5.82 Å². The molecule has 182 valence electrons. The molecule has 0 radical (unpaired) electrons. The molecule has 1 aromatic heterocycles. The molecule has 0 saturated carbocycles. The fourth-order valence-corrected chi connectivity index (χ4v) is 5.01. The summed E-state index contributed by atoms with van der Waals surface area (Å²) in [5, 5.41) is 5.38. The Morgan fingerprint density at radius 3 is 2.49 bits per heavy atom. The van der Waals surface area contributed by atoms with Crippen molar-refractivity contribution in [2.75, 3.05) is 12.4 Å². The zero-order valence-electron chi connectivity index (χ0n) is 20.7. The molecule has 0 atom stereocenters. The van der Waals surface area contributed by atoms with E-state index in [1.54, 1.807) is 7.11 Å². The maximum atomic E-state index is 13.2. The van der Waals surface area contributed by atoms with E-state index in [-0.39, 0.29) is 12.3 Å². The Labute approximate surface area is 216 Å². The summed E-state index contributed by atoms with van der Waals surface area (Å²) in [7, 11) is 1.68. The van der Waals surface area contributed by atoms with Crippen LogP contribution in [0.3, 0.4) is 0 Å². The Bertz CT molecular complexity index is 1610. The third-order valence-corrected chi connectivity index (χ3v) is 6.89. The Morgan fingerprint density at radius 1 is 0.838 bits per heavy atom. The van der Waals surface area contributed by atoms with Gasteiger partial charge in [-0.15, -0.1) is 0 Å². The number of ether oxygens (including phenoxy) is 1. The van der Waals surface area contributed by atoms with E-state index in [2.05, 4.69) is 53.8 Å². The van der Waals surface area contributed by atoms with Gasteiger partial charge >= 0.3 is 0 Å². The molecular formula is C32H27N3O2. The van der Waals surface area contributed by atoms with Crippen molar-refractivity contribution in [3.05, 3.63) is 119 Å². The fraction of sp³-hybridized carbons (Fsp3) is 0.156. The van der Waals surface area contributed by atoms with Gasteiger partial charge in [-0.1, -0.05) is 72.8 Å². The number of aryl methyl sites for hydroxylation is 2. The number of rotatable bonds is 6. The number of anilines is 1. The van der Waals surface area contributed by atoms with Crippen LogP contribution < -0.4 is 10.1 Å². The number of nitrogens with one attached hydrogen (secondary N) is 1. The van der Waals surface area contributed by atoms with E-state index in [1.807, 2.05) is 42.5 Å². The molecule has 37 heavy (non-hydrogen) atoms. The average molecular weight is 486 g/mol. The summed E-state index contributed by atoms with van der Waals surface area (Å²) in [6, 6.07) is 30.6. The second-order valence-corrected chi connectivity index (χ2v) is 9.41. The van der Waals surface area contributed by atoms with E-state index >= 15 is 0 Å². The molecule has 5 aromatic rings. The monoisotopic (exact) mass is 485 g/mol. The predicted octanol–water partition coefficient (Wildman–Crippen LogP) is 6.18. The fourth-order valence-electron chi connectivity index (χ4n) is 5.01. The summed E-state index contributed by atoms with van der Waals surface area (Å²) in [5.74, 6) is 1.29. The van der Waals surface area contributed by atoms with Crippen molar-refractivity contribution in [2.45, 2.75) is 25.7 Å². The van der Waals surface area contributed by atoms with Crippen LogP contribution in [0.5, 0.6) is 5.75 Å². The van der Waals surface area contributed by atoms with E-state index in [1.165, 1.54) is 5.56 Å². The second-order valence-electron chi connectivity index (χ2n) is 9.41. The highest BCUT2D eigenvalue weighted by Crippen LogP contribution is 2.35. The molecule has 4 aromatic carbocycles. The third-order valence-electron chi connectivity index (χ3n) is 6.89. The summed E-state index contributed by atoms with van der Waals surface area (Å²) in [6.07, 6.45) is 2.48. The quantitative estimate of drug-likeness (QED) is 0.312. The number of amides is 1. The molecule has 0 aliphatic heterocycles. The van der Waals surface area contributed by atoms with Crippen molar-refractivity contribution in [1.29, 1.82) is 0 Å². The van der Waals surface area contributed by atoms with Crippen molar-refractivity contribution in [1.82, 2.24) is 9.97 Å². The van der Waals surface area contributed by atoms with Gasteiger partial charge in [-0.25, -0.2) is 9.97 Å². The minimum absolute atomic E-state index is 0.0974. The molecule has 1 aliphatic rings. The molecule has 1 aliphatic carbocycles. The average Bonchev–Trinajstić information content (AvgIpc) is 2.93. The smallest absolute Gasteiger partial charge is 0.229 e. The lowest BCUT2D eigenvalue weighted by Crippen LogP contribution is -2.20. The van der Waals surface area contributed by atoms with Crippen LogP contribution in [0.1, 0.15) is 28.1 Å². The number of carbonyl (C=O) groups is 1. The van der Waals surface area contributed by atoms with E-state index < -0.39 is 0 Å². The van der Waals surface area contributed by atoms with Crippen LogP contribution in [0.25, 0.3) is 22.0 Å². The molecule has 5 heteroatoms. The summed E-state index contributed by atoms with van der Waals surface area (Å²) in [6.45, 7) is 0. The zero-order chi connectivity index (χ0) is 25.2. The van der Waals surface area contributed by atoms with Gasteiger partial charge < -0.3 is 10.1 Å². The Kier molecular flexibility index (Phi) is 6.11. The van der Waals surface area contributed by atoms with E-state index in [9.17, 15) is 4.79 Å². The molecule has 0 unspecified atom stereocenters. The molecule has 5 nitrogen and oxygen atoms in total. The molecule has 0 saturated heterocycles. The van der Waals surface area contributed by atoms with E-state index in [0.717, 1.165) is 63.1 Å². The molecule has 0 fully saturated rings. The lowest BCUT2D eigenvalue weighted by Gasteiger charge is -2.21. The molecule has 1 heterocycles. The van der Waals surface area contributed by atoms with Gasteiger partial charge in [0, 0.05) is 12.0 Å². The van der Waals surface area contributed by atoms with Gasteiger partial charge in [-0.3, -0.25) is 4.79 Å². The van der Waals surface area contributed by atoms with Gasteiger partial charge in [0.05, 0.1) is 30.6 Å². The lowest BCUT2D eigenvalue weighted by atomic mass is 9.91. The van der Waals surface area contributed by atoms with Gasteiger partial charge in [0.25, 0.3) is 0 Å². The van der Waals surface area contributed by atoms with Crippen LogP contribution in [0.15, 0.2) is 91.0 Å². The van der Waals surface area contributed by atoms with Crippen molar-refractivity contribution in [3.63, 3.8) is 0 Å². The third kappa shape index (κ3) is 4.81. The van der Waals surface area contributed by atoms with Crippen LogP contribution in [-0.4, -0.2) is 23.0 Å². The highest BCUT2D eigenvalue weighted by molar-refractivity contribution is 5.93. The van der Waals surface area contributed by atoms with E-state index in [0.29, 0.717) is 12.2 Å². The Hall–Kier alpha value is -4.51. The second kappa shape index (κ2) is 9.86. The number of fused-ring (bicyclic) bond motifs is 4. The van der Waals surface area contributed by atoms with Crippen molar-refractivity contribution in [3.8, 4) is 17.0 Å². The summed E-state index contributed by atoms with van der Waals surface area (Å²) < 4.78 is 5.42. The number of benzene rings is 4. The van der Waals surface area contributed by atoms with Gasteiger partial charge in [0.1, 0.15) is 5.75 Å². The molecule has 0 spiro atoms. The first kappa shape index (κ1) is 22.9. The Balaban J connectivity index is 1.33. The van der Waals surface area contributed by atoms with Crippen LogP contribution in [0, 0.1) is 0 Å². The maximum Gasteiger partial charge on any atom is 0.229 e. The minimum Gasteiger partial charge on any atom is -0.497 e. The molecular weight excluding hydrogens is 458 g/mol. The topological polar surface area (TPSA) is 64.1 Å². The van der Waals surface area contributed by atoms with E-state index in [4.69, 9.17) is 14.7 Å². The summed E-state index contributed by atoms with van der Waals surface area (Å²) in [5.41, 5.74) is 6.94. The first-order valence-corrected chi connectivity index (χ1v) is 12.5. The number of nitrogens with zero attached hydrogens (tertiary/aromatic N) is 2. The zero-order valence-corrected chi connectivity index (χ0v) is 20.7. The molecule has 1 N–H and O–H groups in total. The highest BCUT2D eigenvalue weighted by atomic mass is 16.5.